The number of ether oxygens (including phenoxy) is 1. The minimum atomic E-state index is -0.354. The van der Waals surface area contributed by atoms with Crippen molar-refractivity contribution < 1.29 is 14.3 Å². The number of esters is 1. The molecule has 1 saturated heterocycles. The van der Waals surface area contributed by atoms with Crippen LogP contribution in [0.15, 0.2) is 36.7 Å². The molecule has 0 aliphatic carbocycles. The number of aromatic nitrogens is 2. The molecule has 0 radical (unpaired) electrons. The molecule has 1 aliphatic rings. The fourth-order valence-corrected chi connectivity index (χ4v) is 2.99. The molecule has 1 aliphatic heterocycles. The first-order chi connectivity index (χ1) is 13.6. The molecule has 8 nitrogen and oxygen atoms in total. The molecule has 0 atom stereocenters. The van der Waals surface area contributed by atoms with Crippen LogP contribution in [0.3, 0.4) is 0 Å². The predicted molar refractivity (Wildman–Crippen MR) is 106 cm³/mol. The van der Waals surface area contributed by atoms with Gasteiger partial charge in [-0.15, -0.1) is 0 Å². The van der Waals surface area contributed by atoms with Gasteiger partial charge in [0.15, 0.2) is 0 Å². The van der Waals surface area contributed by atoms with Gasteiger partial charge in [-0.05, 0) is 37.7 Å². The molecule has 1 fully saturated rings. The fraction of sp³-hybridized carbons (Fsp3) is 0.400. The van der Waals surface area contributed by atoms with Gasteiger partial charge in [-0.2, -0.15) is 0 Å². The summed E-state index contributed by atoms with van der Waals surface area (Å²) in [6, 6.07) is 6.85. The van der Waals surface area contributed by atoms with Crippen molar-refractivity contribution in [3.05, 3.63) is 47.8 Å². The standard InChI is InChI=1S/C20H25N5O3/c1-3-24-9-11-25(12-10-24)18(26)16-13-21-20(22-14-16)23-17-7-5-15(6-8-17)19(27)28-4-2/h5-8,13-14H,3-4,9-12H2,1-2H3,(H,21,22,23). The van der Waals surface area contributed by atoms with E-state index in [0.717, 1.165) is 38.4 Å². The highest BCUT2D eigenvalue weighted by molar-refractivity contribution is 5.93. The van der Waals surface area contributed by atoms with Crippen LogP contribution in [-0.2, 0) is 4.74 Å². The van der Waals surface area contributed by atoms with Crippen molar-refractivity contribution in [1.82, 2.24) is 19.8 Å². The van der Waals surface area contributed by atoms with E-state index < -0.39 is 0 Å². The number of nitrogens with zero attached hydrogens (tertiary/aromatic N) is 4. The first kappa shape index (κ1) is 19.8. The first-order valence-electron chi connectivity index (χ1n) is 9.48. The lowest BCUT2D eigenvalue weighted by molar-refractivity contribution is 0.0526. The largest absolute Gasteiger partial charge is 0.462 e. The Labute approximate surface area is 164 Å². The summed E-state index contributed by atoms with van der Waals surface area (Å²) in [7, 11) is 0. The van der Waals surface area contributed by atoms with E-state index in [9.17, 15) is 9.59 Å². The van der Waals surface area contributed by atoms with Crippen molar-refractivity contribution in [1.29, 1.82) is 0 Å². The maximum Gasteiger partial charge on any atom is 0.338 e. The van der Waals surface area contributed by atoms with Crippen LogP contribution in [-0.4, -0.2) is 71.0 Å². The number of nitrogens with one attached hydrogen (secondary N) is 1. The molecular formula is C20H25N5O3. The molecule has 2 aromatic rings. The number of hydrogen-bond acceptors (Lipinski definition) is 7. The second-order valence-electron chi connectivity index (χ2n) is 6.44. The highest BCUT2D eigenvalue weighted by atomic mass is 16.5. The van der Waals surface area contributed by atoms with Crippen molar-refractivity contribution >= 4 is 23.5 Å². The van der Waals surface area contributed by atoms with Gasteiger partial charge in [-0.25, -0.2) is 14.8 Å². The van der Waals surface area contributed by atoms with Gasteiger partial charge in [0.2, 0.25) is 5.95 Å². The Morgan fingerprint density at radius 3 is 2.21 bits per heavy atom. The van der Waals surface area contributed by atoms with Crippen LogP contribution in [0.4, 0.5) is 11.6 Å². The maximum atomic E-state index is 12.6. The van der Waals surface area contributed by atoms with Gasteiger partial charge in [-0.3, -0.25) is 4.79 Å². The summed E-state index contributed by atoms with van der Waals surface area (Å²) in [5.41, 5.74) is 1.70. The van der Waals surface area contributed by atoms with Crippen molar-refractivity contribution in [2.75, 3.05) is 44.6 Å². The normalized spacial score (nSPS) is 14.6. The van der Waals surface area contributed by atoms with E-state index in [1.54, 1.807) is 31.2 Å². The monoisotopic (exact) mass is 383 g/mol. The summed E-state index contributed by atoms with van der Waals surface area (Å²) in [5, 5.41) is 3.06. The fourth-order valence-electron chi connectivity index (χ4n) is 2.99. The molecule has 1 aromatic heterocycles. The highest BCUT2D eigenvalue weighted by Crippen LogP contribution is 2.15. The Balaban J connectivity index is 1.58. The quantitative estimate of drug-likeness (QED) is 0.765. The minimum Gasteiger partial charge on any atom is -0.462 e. The average molecular weight is 383 g/mol. The topological polar surface area (TPSA) is 87.7 Å². The number of amides is 1. The molecule has 0 unspecified atom stereocenters. The van der Waals surface area contributed by atoms with Crippen LogP contribution in [0.25, 0.3) is 0 Å². The molecule has 2 heterocycles. The zero-order valence-electron chi connectivity index (χ0n) is 16.2. The summed E-state index contributed by atoms with van der Waals surface area (Å²) in [6.45, 7) is 8.47. The van der Waals surface area contributed by atoms with Gasteiger partial charge >= 0.3 is 5.97 Å². The van der Waals surface area contributed by atoms with E-state index in [2.05, 4.69) is 27.1 Å². The molecule has 1 aromatic carbocycles. The maximum absolute atomic E-state index is 12.6. The SMILES string of the molecule is CCOC(=O)c1ccc(Nc2ncc(C(=O)N3CCN(CC)CC3)cn2)cc1. The zero-order chi connectivity index (χ0) is 19.9. The third-order valence-electron chi connectivity index (χ3n) is 4.66. The third kappa shape index (κ3) is 4.83. The number of anilines is 2. The molecule has 1 N–H and O–H groups in total. The van der Waals surface area contributed by atoms with Crippen LogP contribution < -0.4 is 5.32 Å². The summed E-state index contributed by atoms with van der Waals surface area (Å²) < 4.78 is 4.96. The van der Waals surface area contributed by atoms with E-state index in [-0.39, 0.29) is 11.9 Å². The van der Waals surface area contributed by atoms with E-state index in [1.165, 1.54) is 12.4 Å². The number of rotatable bonds is 6. The molecule has 28 heavy (non-hydrogen) atoms. The Hall–Kier alpha value is -3.00. The van der Waals surface area contributed by atoms with Gasteiger partial charge in [-0.1, -0.05) is 6.92 Å². The van der Waals surface area contributed by atoms with E-state index in [1.807, 2.05) is 4.90 Å². The lowest BCUT2D eigenvalue weighted by atomic mass is 10.2. The summed E-state index contributed by atoms with van der Waals surface area (Å²) in [4.78, 5) is 36.9. The zero-order valence-corrected chi connectivity index (χ0v) is 16.2. The van der Waals surface area contributed by atoms with Crippen LogP contribution in [0.2, 0.25) is 0 Å². The second-order valence-corrected chi connectivity index (χ2v) is 6.44. The third-order valence-corrected chi connectivity index (χ3v) is 4.66. The molecule has 1 amide bonds. The van der Waals surface area contributed by atoms with Crippen molar-refractivity contribution in [2.45, 2.75) is 13.8 Å². The molecular weight excluding hydrogens is 358 g/mol. The lowest BCUT2D eigenvalue weighted by Gasteiger charge is -2.33. The van der Waals surface area contributed by atoms with Gasteiger partial charge in [0.1, 0.15) is 0 Å². The molecule has 3 rings (SSSR count). The van der Waals surface area contributed by atoms with Crippen LogP contribution >= 0.6 is 0 Å². The van der Waals surface area contributed by atoms with Crippen molar-refractivity contribution in [3.63, 3.8) is 0 Å². The Morgan fingerprint density at radius 2 is 1.64 bits per heavy atom. The van der Waals surface area contributed by atoms with Crippen LogP contribution in [0.5, 0.6) is 0 Å². The number of likely N-dealkylation sites (N-methyl/N-ethyl adjacent to an activating group) is 1. The van der Waals surface area contributed by atoms with Gasteiger partial charge in [0, 0.05) is 44.3 Å². The summed E-state index contributed by atoms with van der Waals surface area (Å²) in [5.74, 6) is -0.00901. The van der Waals surface area contributed by atoms with Crippen molar-refractivity contribution in [3.8, 4) is 0 Å². The molecule has 8 heteroatoms. The number of piperazine rings is 1. The minimum absolute atomic E-state index is 0.0407. The summed E-state index contributed by atoms with van der Waals surface area (Å²) >= 11 is 0. The number of hydrogen-bond donors (Lipinski definition) is 1. The summed E-state index contributed by atoms with van der Waals surface area (Å²) in [6.07, 6.45) is 3.08. The van der Waals surface area contributed by atoms with Crippen LogP contribution in [0.1, 0.15) is 34.6 Å². The lowest BCUT2D eigenvalue weighted by Crippen LogP contribution is -2.48. The molecule has 148 valence electrons. The highest BCUT2D eigenvalue weighted by Gasteiger charge is 2.21. The van der Waals surface area contributed by atoms with Gasteiger partial charge in [0.25, 0.3) is 5.91 Å². The average Bonchev–Trinajstić information content (AvgIpc) is 2.74. The first-order valence-corrected chi connectivity index (χ1v) is 9.48. The number of carbonyl (C=O) groups excluding carboxylic acids is 2. The van der Waals surface area contributed by atoms with Crippen LogP contribution in [0, 0.1) is 0 Å². The predicted octanol–water partition coefficient (Wildman–Crippen LogP) is 2.17. The Kier molecular flexibility index (Phi) is 6.54. The number of benzene rings is 1. The smallest absolute Gasteiger partial charge is 0.338 e. The van der Waals surface area contributed by atoms with E-state index >= 15 is 0 Å². The van der Waals surface area contributed by atoms with Crippen molar-refractivity contribution in [2.24, 2.45) is 0 Å². The Bertz CT molecular complexity index is 800. The second kappa shape index (κ2) is 9.27. The number of carbonyl (C=O) groups is 2. The van der Waals surface area contributed by atoms with E-state index in [0.29, 0.717) is 23.7 Å². The van der Waals surface area contributed by atoms with Gasteiger partial charge < -0.3 is 19.9 Å². The Morgan fingerprint density at radius 1 is 1.00 bits per heavy atom. The van der Waals surface area contributed by atoms with Gasteiger partial charge in [0.05, 0.1) is 17.7 Å². The molecule has 0 saturated carbocycles. The molecule has 0 spiro atoms. The molecule has 0 bridgehead atoms. The van der Waals surface area contributed by atoms with E-state index in [4.69, 9.17) is 4.74 Å².